The molecular weight excluding hydrogens is 466 g/mol. The van der Waals surface area contributed by atoms with Gasteiger partial charge in [0, 0.05) is 26.2 Å². The SMILES string of the molecule is CN(C)C1=NC(c2ccc(F)cc2)(c2ccc(F)cc2)CN1S(=O)(=O)c1ccc([N+](=O)[O-])cc1. The van der Waals surface area contributed by atoms with Crippen molar-refractivity contribution in [2.24, 2.45) is 4.99 Å². The van der Waals surface area contributed by atoms with Crippen molar-refractivity contribution in [2.45, 2.75) is 10.4 Å². The normalized spacial score (nSPS) is 15.2. The van der Waals surface area contributed by atoms with Gasteiger partial charge in [0.05, 0.1) is 16.4 Å². The molecule has 0 bridgehead atoms. The van der Waals surface area contributed by atoms with Gasteiger partial charge in [-0.25, -0.2) is 26.5 Å². The summed E-state index contributed by atoms with van der Waals surface area (Å²) < 4.78 is 55.7. The van der Waals surface area contributed by atoms with Crippen molar-refractivity contribution in [1.29, 1.82) is 0 Å². The predicted molar refractivity (Wildman–Crippen MR) is 122 cm³/mol. The second kappa shape index (κ2) is 8.49. The molecule has 1 aliphatic heterocycles. The number of rotatable bonds is 5. The standard InChI is InChI=1S/C23H20F2N4O4S/c1-27(2)22-26-23(16-3-7-18(24)8-4-16,17-5-9-19(25)10-6-17)15-28(22)34(32,33)21-13-11-20(12-14-21)29(30)31/h3-14H,15H2,1-2H3. The number of benzene rings is 3. The summed E-state index contributed by atoms with van der Waals surface area (Å²) in [6.45, 7) is -0.183. The van der Waals surface area contributed by atoms with Gasteiger partial charge in [0.1, 0.15) is 17.2 Å². The highest BCUT2D eigenvalue weighted by Gasteiger charge is 2.47. The molecule has 0 spiro atoms. The highest BCUT2D eigenvalue weighted by molar-refractivity contribution is 7.89. The molecule has 0 atom stereocenters. The van der Waals surface area contributed by atoms with Crippen molar-refractivity contribution in [1.82, 2.24) is 9.21 Å². The third-order valence-corrected chi connectivity index (χ3v) is 7.31. The molecule has 1 heterocycles. The zero-order valence-electron chi connectivity index (χ0n) is 18.2. The summed E-state index contributed by atoms with van der Waals surface area (Å²) in [5.74, 6) is -0.835. The molecular formula is C23H20F2N4O4S. The second-order valence-electron chi connectivity index (χ2n) is 7.94. The molecule has 0 unspecified atom stereocenters. The van der Waals surface area contributed by atoms with Crippen molar-refractivity contribution in [3.05, 3.63) is 106 Å². The molecule has 0 saturated heterocycles. The molecule has 11 heteroatoms. The summed E-state index contributed by atoms with van der Waals surface area (Å²) >= 11 is 0. The van der Waals surface area contributed by atoms with Crippen LogP contribution in [-0.2, 0) is 15.6 Å². The molecule has 0 radical (unpaired) electrons. The van der Waals surface area contributed by atoms with Crippen LogP contribution < -0.4 is 0 Å². The topological polar surface area (TPSA) is 96.1 Å². The van der Waals surface area contributed by atoms with Gasteiger partial charge < -0.3 is 4.90 Å². The number of halogens is 2. The van der Waals surface area contributed by atoms with Crippen molar-refractivity contribution >= 4 is 21.7 Å². The molecule has 0 N–H and O–H groups in total. The van der Waals surface area contributed by atoms with E-state index in [1.165, 1.54) is 53.4 Å². The first-order valence-electron chi connectivity index (χ1n) is 10.1. The zero-order valence-corrected chi connectivity index (χ0v) is 19.0. The molecule has 0 aliphatic carbocycles. The highest BCUT2D eigenvalue weighted by Crippen LogP contribution is 2.41. The first-order chi connectivity index (χ1) is 16.0. The van der Waals surface area contributed by atoms with Crippen LogP contribution in [0, 0.1) is 21.7 Å². The van der Waals surface area contributed by atoms with Crippen LogP contribution >= 0.6 is 0 Å². The monoisotopic (exact) mass is 486 g/mol. The maximum absolute atomic E-state index is 13.7. The minimum Gasteiger partial charge on any atom is -0.348 e. The van der Waals surface area contributed by atoms with E-state index >= 15 is 0 Å². The summed E-state index contributed by atoms with van der Waals surface area (Å²) in [7, 11) is -0.933. The van der Waals surface area contributed by atoms with Crippen molar-refractivity contribution in [3.8, 4) is 0 Å². The first kappa shape index (κ1) is 23.3. The Hall–Kier alpha value is -3.86. The van der Waals surface area contributed by atoms with Gasteiger partial charge in [-0.05, 0) is 47.5 Å². The first-order valence-corrected chi connectivity index (χ1v) is 11.5. The molecule has 4 rings (SSSR count). The number of nitro benzene ring substituents is 1. The number of nitro groups is 1. The highest BCUT2D eigenvalue weighted by atomic mass is 32.2. The number of hydrogen-bond acceptors (Lipinski definition) is 6. The molecule has 0 fully saturated rings. The number of non-ortho nitro benzene ring substituents is 1. The van der Waals surface area contributed by atoms with Gasteiger partial charge in [0.2, 0.25) is 5.96 Å². The maximum Gasteiger partial charge on any atom is 0.269 e. The van der Waals surface area contributed by atoms with E-state index in [1.807, 2.05) is 0 Å². The molecule has 34 heavy (non-hydrogen) atoms. The van der Waals surface area contributed by atoms with Crippen LogP contribution in [0.2, 0.25) is 0 Å². The van der Waals surface area contributed by atoms with Gasteiger partial charge in [-0.1, -0.05) is 24.3 Å². The Morgan fingerprint density at radius 3 is 1.79 bits per heavy atom. The molecule has 3 aromatic rings. The summed E-state index contributed by atoms with van der Waals surface area (Å²) in [5, 5.41) is 11.0. The Kier molecular flexibility index (Phi) is 5.82. The quantitative estimate of drug-likeness (QED) is 0.404. The number of aliphatic imine (C=N–C) groups is 1. The van der Waals surface area contributed by atoms with Gasteiger partial charge in [-0.15, -0.1) is 0 Å². The fraction of sp³-hybridized carbons (Fsp3) is 0.174. The Labute approximate surface area is 195 Å². The van der Waals surface area contributed by atoms with Crippen molar-refractivity contribution < 1.29 is 22.1 Å². The van der Waals surface area contributed by atoms with E-state index in [9.17, 15) is 27.3 Å². The van der Waals surface area contributed by atoms with Gasteiger partial charge in [-0.3, -0.25) is 10.1 Å². The molecule has 0 aromatic heterocycles. The third-order valence-electron chi connectivity index (χ3n) is 5.57. The van der Waals surface area contributed by atoms with E-state index in [1.54, 1.807) is 14.1 Å². The van der Waals surface area contributed by atoms with Gasteiger partial charge in [-0.2, -0.15) is 0 Å². The number of guanidine groups is 1. The average Bonchev–Trinajstić information content (AvgIpc) is 3.23. The number of nitrogens with zero attached hydrogens (tertiary/aromatic N) is 4. The number of sulfonamides is 1. The van der Waals surface area contributed by atoms with Crippen LogP contribution in [0.5, 0.6) is 0 Å². The molecule has 176 valence electrons. The van der Waals surface area contributed by atoms with Crippen LogP contribution in [-0.4, -0.2) is 49.1 Å². The Balaban J connectivity index is 1.88. The molecule has 8 nitrogen and oxygen atoms in total. The summed E-state index contributed by atoms with van der Waals surface area (Å²) in [6, 6.07) is 15.6. The summed E-state index contributed by atoms with van der Waals surface area (Å²) in [4.78, 5) is 16.5. The minimum absolute atomic E-state index is 0.104. The average molecular weight is 487 g/mol. The van der Waals surface area contributed by atoms with E-state index in [-0.39, 0.29) is 23.1 Å². The maximum atomic E-state index is 13.7. The lowest BCUT2D eigenvalue weighted by Crippen LogP contribution is -2.43. The molecule has 1 aliphatic rings. The Morgan fingerprint density at radius 2 is 1.38 bits per heavy atom. The molecule has 0 amide bonds. The lowest BCUT2D eigenvalue weighted by molar-refractivity contribution is -0.384. The molecule has 0 saturated carbocycles. The fourth-order valence-corrected chi connectivity index (χ4v) is 5.36. The lowest BCUT2D eigenvalue weighted by atomic mass is 9.84. The van der Waals surface area contributed by atoms with Crippen LogP contribution in [0.15, 0.2) is 82.7 Å². The Bertz CT molecular complexity index is 1310. The van der Waals surface area contributed by atoms with E-state index < -0.39 is 32.1 Å². The zero-order chi connectivity index (χ0) is 24.7. The van der Waals surface area contributed by atoms with E-state index in [4.69, 9.17) is 4.99 Å². The van der Waals surface area contributed by atoms with Gasteiger partial charge >= 0.3 is 0 Å². The molecule has 3 aromatic carbocycles. The van der Waals surface area contributed by atoms with Gasteiger partial charge in [0.25, 0.3) is 15.7 Å². The predicted octanol–water partition coefficient (Wildman–Crippen LogP) is 3.74. The second-order valence-corrected chi connectivity index (χ2v) is 9.81. The Morgan fingerprint density at radius 1 is 0.912 bits per heavy atom. The lowest BCUT2D eigenvalue weighted by Gasteiger charge is -2.29. The summed E-state index contributed by atoms with van der Waals surface area (Å²) in [5.41, 5.74) is -0.495. The van der Waals surface area contributed by atoms with Crippen LogP contribution in [0.1, 0.15) is 11.1 Å². The van der Waals surface area contributed by atoms with Crippen molar-refractivity contribution in [3.63, 3.8) is 0 Å². The van der Waals surface area contributed by atoms with Crippen LogP contribution in [0.4, 0.5) is 14.5 Å². The van der Waals surface area contributed by atoms with Gasteiger partial charge in [0.15, 0.2) is 0 Å². The number of hydrogen-bond donors (Lipinski definition) is 0. The van der Waals surface area contributed by atoms with Crippen LogP contribution in [0.3, 0.4) is 0 Å². The summed E-state index contributed by atoms with van der Waals surface area (Å²) in [6.07, 6.45) is 0. The van der Waals surface area contributed by atoms with E-state index in [0.717, 1.165) is 28.6 Å². The smallest absolute Gasteiger partial charge is 0.269 e. The van der Waals surface area contributed by atoms with Crippen LogP contribution in [0.25, 0.3) is 0 Å². The van der Waals surface area contributed by atoms with E-state index in [2.05, 4.69) is 0 Å². The van der Waals surface area contributed by atoms with E-state index in [0.29, 0.717) is 11.1 Å². The fourth-order valence-electron chi connectivity index (χ4n) is 3.85. The van der Waals surface area contributed by atoms with Crippen molar-refractivity contribution in [2.75, 3.05) is 20.6 Å². The largest absolute Gasteiger partial charge is 0.348 e. The third kappa shape index (κ3) is 3.98. The minimum atomic E-state index is -4.19.